The minimum absolute atomic E-state index is 0.134. The molecule has 0 aromatic heterocycles. The first-order chi connectivity index (χ1) is 13.8. The summed E-state index contributed by atoms with van der Waals surface area (Å²) in [5.41, 5.74) is 1.62. The van der Waals surface area contributed by atoms with E-state index in [1.54, 1.807) is 62.6 Å². The van der Waals surface area contributed by atoms with Crippen LogP contribution in [0.3, 0.4) is 0 Å². The molecule has 4 amide bonds. The van der Waals surface area contributed by atoms with Gasteiger partial charge < -0.3 is 10.2 Å². The van der Waals surface area contributed by atoms with Crippen molar-refractivity contribution >= 4 is 51.5 Å². The first-order valence-corrected chi connectivity index (χ1v) is 10.5. The molecule has 150 valence electrons. The Labute approximate surface area is 176 Å². The van der Waals surface area contributed by atoms with Gasteiger partial charge in [0.1, 0.15) is 0 Å². The van der Waals surface area contributed by atoms with E-state index in [1.807, 2.05) is 0 Å². The molecule has 2 aromatic rings. The molecule has 1 heterocycles. The fraction of sp³-hybridized carbons (Fsp3) is 0.200. The second-order valence-corrected chi connectivity index (χ2v) is 8.37. The van der Waals surface area contributed by atoms with Gasteiger partial charge in [0.15, 0.2) is 0 Å². The van der Waals surface area contributed by atoms with Gasteiger partial charge in [0.05, 0.1) is 18.0 Å². The van der Waals surface area contributed by atoms with Crippen LogP contribution < -0.4 is 5.32 Å². The van der Waals surface area contributed by atoms with Crippen LogP contribution in [0, 0.1) is 0 Å². The van der Waals surface area contributed by atoms with Crippen molar-refractivity contribution in [3.8, 4) is 0 Å². The van der Waals surface area contributed by atoms with Gasteiger partial charge in [-0.2, -0.15) is 0 Å². The Bertz CT molecular complexity index is 962. The van der Waals surface area contributed by atoms with Gasteiger partial charge in [-0.15, -0.1) is 0 Å². The van der Waals surface area contributed by atoms with E-state index in [2.05, 4.69) is 5.32 Å². The van der Waals surface area contributed by atoms with Crippen LogP contribution in [0.25, 0.3) is 0 Å². The molecule has 1 aliphatic heterocycles. The number of carbonyl (C=O) groups excluding carboxylic acids is 4. The van der Waals surface area contributed by atoms with Gasteiger partial charge >= 0.3 is 0 Å². The molecule has 0 radical (unpaired) electrons. The van der Waals surface area contributed by atoms with Crippen LogP contribution in [-0.4, -0.2) is 51.9 Å². The van der Waals surface area contributed by atoms with E-state index in [1.165, 1.54) is 9.80 Å². The predicted molar refractivity (Wildman–Crippen MR) is 114 cm³/mol. The standard InChI is InChI=1S/C20H19N3O4S2/c1-22(2)19(26)29-16-9-4-3-8-15(16)21-18(25)14-7-5-6-13(10-14)11-23-17(24)12-28-20(23)27/h3-10H,11-12H2,1-2H3,(H,21,25). The number of anilines is 1. The molecule has 29 heavy (non-hydrogen) atoms. The molecule has 2 aromatic carbocycles. The minimum atomic E-state index is -0.342. The normalized spacial score (nSPS) is 13.5. The van der Waals surface area contributed by atoms with E-state index in [0.29, 0.717) is 21.7 Å². The SMILES string of the molecule is CN(C)C(=O)Sc1ccccc1NC(=O)c1cccc(CN2C(=O)CSC2=O)c1. The maximum Gasteiger partial charge on any atom is 0.289 e. The summed E-state index contributed by atoms with van der Waals surface area (Å²) in [7, 11) is 3.33. The molecular weight excluding hydrogens is 410 g/mol. The van der Waals surface area contributed by atoms with Gasteiger partial charge in [0, 0.05) is 24.6 Å². The summed E-state index contributed by atoms with van der Waals surface area (Å²) in [6.07, 6.45) is 0. The maximum atomic E-state index is 12.7. The molecule has 0 spiro atoms. The smallest absolute Gasteiger partial charge is 0.289 e. The topological polar surface area (TPSA) is 86.8 Å². The van der Waals surface area contributed by atoms with Crippen molar-refractivity contribution in [3.05, 3.63) is 59.7 Å². The van der Waals surface area contributed by atoms with Crippen molar-refractivity contribution in [2.75, 3.05) is 25.2 Å². The van der Waals surface area contributed by atoms with Crippen LogP contribution in [0.1, 0.15) is 15.9 Å². The third-order valence-corrected chi connectivity index (χ3v) is 6.04. The van der Waals surface area contributed by atoms with Crippen molar-refractivity contribution in [2.45, 2.75) is 11.4 Å². The maximum absolute atomic E-state index is 12.7. The summed E-state index contributed by atoms with van der Waals surface area (Å²) in [6, 6.07) is 13.8. The lowest BCUT2D eigenvalue weighted by Crippen LogP contribution is -2.28. The van der Waals surface area contributed by atoms with Gasteiger partial charge in [0.25, 0.3) is 16.4 Å². The summed E-state index contributed by atoms with van der Waals surface area (Å²) in [5, 5.41) is 2.40. The molecule has 0 atom stereocenters. The Morgan fingerprint density at radius 3 is 2.59 bits per heavy atom. The lowest BCUT2D eigenvalue weighted by molar-refractivity contribution is -0.125. The molecule has 3 rings (SSSR count). The number of para-hydroxylation sites is 1. The van der Waals surface area contributed by atoms with Gasteiger partial charge in [0.2, 0.25) is 5.91 Å². The minimum Gasteiger partial charge on any atom is -0.339 e. The first-order valence-electron chi connectivity index (χ1n) is 8.70. The molecule has 1 saturated heterocycles. The van der Waals surface area contributed by atoms with Crippen LogP contribution in [0.5, 0.6) is 0 Å². The van der Waals surface area contributed by atoms with E-state index in [4.69, 9.17) is 0 Å². The number of hydrogen-bond acceptors (Lipinski definition) is 6. The Hall–Kier alpha value is -2.78. The fourth-order valence-corrected chi connectivity index (χ4v) is 4.04. The van der Waals surface area contributed by atoms with Gasteiger partial charge in [-0.1, -0.05) is 36.0 Å². The summed E-state index contributed by atoms with van der Waals surface area (Å²) >= 11 is 2.01. The summed E-state index contributed by atoms with van der Waals surface area (Å²) in [5.74, 6) is -0.420. The Kier molecular flexibility index (Phi) is 6.60. The largest absolute Gasteiger partial charge is 0.339 e. The molecule has 7 nitrogen and oxygen atoms in total. The number of benzene rings is 2. The highest BCUT2D eigenvalue weighted by molar-refractivity contribution is 8.14. The highest BCUT2D eigenvalue weighted by atomic mass is 32.2. The van der Waals surface area contributed by atoms with Crippen molar-refractivity contribution in [1.29, 1.82) is 0 Å². The number of thioether (sulfide) groups is 2. The summed E-state index contributed by atoms with van der Waals surface area (Å²) in [6.45, 7) is 0.134. The molecular formula is C20H19N3O4S2. The van der Waals surface area contributed by atoms with Crippen LogP contribution in [0.15, 0.2) is 53.4 Å². The number of carbonyl (C=O) groups is 4. The fourth-order valence-electron chi connectivity index (χ4n) is 2.57. The average molecular weight is 430 g/mol. The second kappa shape index (κ2) is 9.15. The van der Waals surface area contributed by atoms with E-state index >= 15 is 0 Å². The number of amides is 4. The van der Waals surface area contributed by atoms with Gasteiger partial charge in [-0.05, 0) is 41.6 Å². The van der Waals surface area contributed by atoms with E-state index in [0.717, 1.165) is 23.5 Å². The summed E-state index contributed by atoms with van der Waals surface area (Å²) in [4.78, 5) is 51.6. The highest BCUT2D eigenvalue weighted by Gasteiger charge is 2.29. The third kappa shape index (κ3) is 5.18. The molecule has 1 fully saturated rings. The number of nitrogens with zero attached hydrogens (tertiary/aromatic N) is 2. The van der Waals surface area contributed by atoms with Gasteiger partial charge in [-0.25, -0.2) is 0 Å². The molecule has 9 heteroatoms. The first kappa shape index (κ1) is 20.9. The third-order valence-electron chi connectivity index (χ3n) is 4.07. The van der Waals surface area contributed by atoms with E-state index in [9.17, 15) is 19.2 Å². The quantitative estimate of drug-likeness (QED) is 0.725. The molecule has 1 aliphatic rings. The Balaban J connectivity index is 1.74. The van der Waals surface area contributed by atoms with Crippen molar-refractivity contribution in [3.63, 3.8) is 0 Å². The van der Waals surface area contributed by atoms with Gasteiger partial charge in [-0.3, -0.25) is 24.1 Å². The number of imide groups is 1. The number of rotatable bonds is 5. The van der Waals surface area contributed by atoms with Crippen molar-refractivity contribution in [2.24, 2.45) is 0 Å². The van der Waals surface area contributed by atoms with Crippen LogP contribution in [0.4, 0.5) is 15.3 Å². The lowest BCUT2D eigenvalue weighted by atomic mass is 10.1. The monoisotopic (exact) mass is 429 g/mol. The van der Waals surface area contributed by atoms with Crippen molar-refractivity contribution in [1.82, 2.24) is 9.80 Å². The Morgan fingerprint density at radius 2 is 1.90 bits per heavy atom. The van der Waals surface area contributed by atoms with Crippen LogP contribution in [-0.2, 0) is 11.3 Å². The Morgan fingerprint density at radius 1 is 1.14 bits per heavy atom. The molecule has 0 bridgehead atoms. The zero-order chi connectivity index (χ0) is 21.0. The van der Waals surface area contributed by atoms with E-state index in [-0.39, 0.29) is 34.6 Å². The zero-order valence-electron chi connectivity index (χ0n) is 15.9. The molecule has 0 saturated carbocycles. The molecule has 0 aliphatic carbocycles. The summed E-state index contributed by atoms with van der Waals surface area (Å²) < 4.78 is 0. The zero-order valence-corrected chi connectivity index (χ0v) is 17.5. The molecule has 1 N–H and O–H groups in total. The number of hydrogen-bond donors (Lipinski definition) is 1. The highest BCUT2D eigenvalue weighted by Crippen LogP contribution is 2.29. The second-order valence-electron chi connectivity index (χ2n) is 6.45. The van der Waals surface area contributed by atoms with E-state index < -0.39 is 0 Å². The number of nitrogens with one attached hydrogen (secondary N) is 1. The predicted octanol–water partition coefficient (Wildman–Crippen LogP) is 3.91. The molecule has 0 unspecified atom stereocenters. The van der Waals surface area contributed by atoms with Crippen LogP contribution >= 0.6 is 23.5 Å². The lowest BCUT2D eigenvalue weighted by Gasteiger charge is -2.15. The van der Waals surface area contributed by atoms with Crippen LogP contribution in [0.2, 0.25) is 0 Å². The van der Waals surface area contributed by atoms with Crippen molar-refractivity contribution < 1.29 is 19.2 Å². The average Bonchev–Trinajstić information content (AvgIpc) is 3.01.